The minimum atomic E-state index is -0.806. The molecular formula is C32H44FNO4. The first-order valence-corrected chi connectivity index (χ1v) is 13.5. The lowest BCUT2D eigenvalue weighted by molar-refractivity contribution is -0.136. The van der Waals surface area contributed by atoms with Crippen LogP contribution in [0.3, 0.4) is 0 Å². The first kappa shape index (κ1) is 31.2. The SMILES string of the molecule is CC(C)(C)O.Cc1c(/C=C/C2CCCCC2)c(CC(=O)O)c(C)c2c1CN(C=O)C2.Cc1cccc(F)c1. The Morgan fingerprint density at radius 1 is 1.05 bits per heavy atom. The van der Waals surface area contributed by atoms with Crippen LogP contribution in [0.2, 0.25) is 0 Å². The average molecular weight is 526 g/mol. The number of aliphatic hydroxyl groups is 1. The predicted octanol–water partition coefficient (Wildman–Crippen LogP) is 6.91. The van der Waals surface area contributed by atoms with E-state index < -0.39 is 11.6 Å². The lowest BCUT2D eigenvalue weighted by Gasteiger charge is -2.20. The van der Waals surface area contributed by atoms with Gasteiger partial charge in [0.15, 0.2) is 0 Å². The Labute approximate surface area is 227 Å². The zero-order valence-corrected chi connectivity index (χ0v) is 23.8. The van der Waals surface area contributed by atoms with Crippen molar-refractivity contribution in [3.63, 3.8) is 0 Å². The second-order valence-electron chi connectivity index (χ2n) is 11.4. The van der Waals surface area contributed by atoms with E-state index in [1.165, 1.54) is 49.8 Å². The number of halogens is 1. The van der Waals surface area contributed by atoms with Gasteiger partial charge in [-0.3, -0.25) is 9.59 Å². The van der Waals surface area contributed by atoms with Gasteiger partial charge in [0.1, 0.15) is 5.82 Å². The fourth-order valence-electron chi connectivity index (χ4n) is 4.96. The van der Waals surface area contributed by atoms with Crippen LogP contribution in [0, 0.1) is 32.5 Å². The summed E-state index contributed by atoms with van der Waals surface area (Å²) in [5, 5.41) is 17.9. The van der Waals surface area contributed by atoms with Gasteiger partial charge >= 0.3 is 5.97 Å². The number of hydrogen-bond acceptors (Lipinski definition) is 3. The van der Waals surface area contributed by atoms with E-state index in [9.17, 15) is 19.1 Å². The maximum absolute atomic E-state index is 12.2. The van der Waals surface area contributed by atoms with Gasteiger partial charge < -0.3 is 15.1 Å². The summed E-state index contributed by atoms with van der Waals surface area (Å²) >= 11 is 0. The molecule has 2 aromatic carbocycles. The van der Waals surface area contributed by atoms with Gasteiger partial charge in [-0.25, -0.2) is 4.39 Å². The van der Waals surface area contributed by atoms with E-state index in [0.29, 0.717) is 19.0 Å². The first-order valence-electron chi connectivity index (χ1n) is 13.5. The fraction of sp³-hybridized carbons (Fsp3) is 0.500. The minimum Gasteiger partial charge on any atom is -0.481 e. The number of aliphatic carboxylic acids is 1. The van der Waals surface area contributed by atoms with Crippen molar-refractivity contribution in [2.75, 3.05) is 0 Å². The average Bonchev–Trinajstić information content (AvgIpc) is 3.27. The molecule has 0 saturated heterocycles. The van der Waals surface area contributed by atoms with Crippen LogP contribution >= 0.6 is 0 Å². The number of aryl methyl sites for hydroxylation is 1. The van der Waals surface area contributed by atoms with Crippen molar-refractivity contribution >= 4 is 18.5 Å². The molecule has 6 heteroatoms. The Bertz CT molecular complexity index is 1100. The molecule has 208 valence electrons. The summed E-state index contributed by atoms with van der Waals surface area (Å²) in [6.07, 6.45) is 11.7. The van der Waals surface area contributed by atoms with Gasteiger partial charge in [0.2, 0.25) is 6.41 Å². The number of carbonyl (C=O) groups is 2. The Hall–Kier alpha value is -2.99. The Morgan fingerprint density at radius 2 is 1.63 bits per heavy atom. The van der Waals surface area contributed by atoms with Crippen LogP contribution in [0.15, 0.2) is 30.3 Å². The zero-order chi connectivity index (χ0) is 28.5. The number of rotatable bonds is 5. The van der Waals surface area contributed by atoms with E-state index in [2.05, 4.69) is 19.1 Å². The molecule has 1 aliphatic heterocycles. The maximum atomic E-state index is 12.2. The molecule has 5 nitrogen and oxygen atoms in total. The van der Waals surface area contributed by atoms with Crippen LogP contribution in [0.4, 0.5) is 4.39 Å². The lowest BCUT2D eigenvalue weighted by Crippen LogP contribution is -2.13. The van der Waals surface area contributed by atoms with E-state index in [1.807, 2.05) is 19.9 Å². The van der Waals surface area contributed by atoms with Crippen molar-refractivity contribution in [1.82, 2.24) is 4.90 Å². The molecule has 0 aromatic heterocycles. The Kier molecular flexibility index (Phi) is 11.7. The zero-order valence-electron chi connectivity index (χ0n) is 23.8. The number of carbonyl (C=O) groups excluding carboxylic acids is 1. The molecule has 1 aliphatic carbocycles. The van der Waals surface area contributed by atoms with Gasteiger partial charge in [-0.1, -0.05) is 43.5 Å². The molecule has 2 N–H and O–H groups in total. The van der Waals surface area contributed by atoms with Crippen LogP contribution in [0.5, 0.6) is 0 Å². The summed E-state index contributed by atoms with van der Waals surface area (Å²) in [7, 11) is 0. The van der Waals surface area contributed by atoms with E-state index in [1.54, 1.807) is 31.7 Å². The normalized spacial score (nSPS) is 15.3. The third kappa shape index (κ3) is 10.1. The molecular weight excluding hydrogens is 481 g/mol. The molecule has 0 spiro atoms. The van der Waals surface area contributed by atoms with Crippen molar-refractivity contribution in [1.29, 1.82) is 0 Å². The molecule has 0 atom stereocenters. The third-order valence-corrected chi connectivity index (χ3v) is 6.82. The van der Waals surface area contributed by atoms with E-state index in [-0.39, 0.29) is 12.2 Å². The summed E-state index contributed by atoms with van der Waals surface area (Å²) in [4.78, 5) is 24.4. The third-order valence-electron chi connectivity index (χ3n) is 6.82. The van der Waals surface area contributed by atoms with Crippen LogP contribution in [-0.4, -0.2) is 33.1 Å². The second kappa shape index (κ2) is 14.2. The lowest BCUT2D eigenvalue weighted by atomic mass is 9.85. The smallest absolute Gasteiger partial charge is 0.307 e. The quantitative estimate of drug-likeness (QED) is 0.416. The Morgan fingerprint density at radius 3 is 2.11 bits per heavy atom. The first-order chi connectivity index (χ1) is 17.8. The van der Waals surface area contributed by atoms with Gasteiger partial charge in [0.25, 0.3) is 0 Å². The second-order valence-corrected chi connectivity index (χ2v) is 11.4. The van der Waals surface area contributed by atoms with Crippen molar-refractivity contribution in [3.05, 3.63) is 75.1 Å². The molecule has 38 heavy (non-hydrogen) atoms. The van der Waals surface area contributed by atoms with Gasteiger partial charge in [-0.05, 0) is 111 Å². The summed E-state index contributed by atoms with van der Waals surface area (Å²) in [6, 6.07) is 6.50. The highest BCUT2D eigenvalue weighted by atomic mass is 19.1. The van der Waals surface area contributed by atoms with Gasteiger partial charge in [0, 0.05) is 13.1 Å². The summed E-state index contributed by atoms with van der Waals surface area (Å²) in [5.74, 6) is -0.365. The summed E-state index contributed by atoms with van der Waals surface area (Å²) in [5.41, 5.74) is 6.92. The molecule has 0 unspecified atom stereocenters. The number of allylic oxidation sites excluding steroid dienone is 1. The molecule has 0 bridgehead atoms. The standard InChI is InChI=1S/C21H27NO3.C7H7F.C4H10O/c1-14-17(9-8-16-6-4-3-5-7-16)18(10-21(24)25)15(2)20-12-22(13-23)11-19(14)20;1-6-3-2-4-7(8)5-6;1-4(2,3)5/h8-9,13,16H,3-7,10-12H2,1-2H3,(H,24,25);2-5H,1H3;5H,1-3H3/b9-8+;;. The molecule has 1 heterocycles. The largest absolute Gasteiger partial charge is 0.481 e. The number of hydrogen-bond donors (Lipinski definition) is 2. The molecule has 1 saturated carbocycles. The minimum absolute atomic E-state index is 0.0331. The summed E-state index contributed by atoms with van der Waals surface area (Å²) < 4.78 is 12.2. The van der Waals surface area contributed by atoms with Crippen molar-refractivity contribution in [2.45, 2.75) is 98.8 Å². The van der Waals surface area contributed by atoms with E-state index >= 15 is 0 Å². The topological polar surface area (TPSA) is 77.8 Å². The molecule has 4 rings (SSSR count). The highest BCUT2D eigenvalue weighted by Crippen LogP contribution is 2.35. The highest BCUT2D eigenvalue weighted by Gasteiger charge is 2.26. The number of carboxylic acid groups (broad SMARTS) is 1. The van der Waals surface area contributed by atoms with Gasteiger partial charge in [-0.15, -0.1) is 0 Å². The van der Waals surface area contributed by atoms with Gasteiger partial charge in [0.05, 0.1) is 12.0 Å². The number of amides is 1. The van der Waals surface area contributed by atoms with Crippen LogP contribution in [0.1, 0.15) is 91.8 Å². The number of benzene rings is 2. The molecule has 0 radical (unpaired) electrons. The van der Waals surface area contributed by atoms with E-state index in [4.69, 9.17) is 5.11 Å². The van der Waals surface area contributed by atoms with Crippen molar-refractivity contribution in [3.8, 4) is 0 Å². The Balaban J connectivity index is 0.000000320. The number of fused-ring (bicyclic) bond motifs is 1. The highest BCUT2D eigenvalue weighted by molar-refractivity contribution is 5.76. The summed E-state index contributed by atoms with van der Waals surface area (Å²) in [6.45, 7) is 12.4. The fourth-order valence-corrected chi connectivity index (χ4v) is 4.96. The van der Waals surface area contributed by atoms with Gasteiger partial charge in [-0.2, -0.15) is 0 Å². The van der Waals surface area contributed by atoms with Crippen molar-refractivity contribution in [2.24, 2.45) is 5.92 Å². The van der Waals surface area contributed by atoms with E-state index in [0.717, 1.165) is 39.8 Å². The number of nitrogens with zero attached hydrogens (tertiary/aromatic N) is 1. The number of carboxylic acids is 1. The molecule has 1 fully saturated rings. The maximum Gasteiger partial charge on any atom is 0.307 e. The van der Waals surface area contributed by atoms with Crippen LogP contribution < -0.4 is 0 Å². The van der Waals surface area contributed by atoms with Crippen LogP contribution in [0.25, 0.3) is 6.08 Å². The molecule has 2 aliphatic rings. The van der Waals surface area contributed by atoms with Crippen LogP contribution in [-0.2, 0) is 29.1 Å². The van der Waals surface area contributed by atoms with Crippen molar-refractivity contribution < 1.29 is 24.2 Å². The molecule has 2 aromatic rings. The monoisotopic (exact) mass is 525 g/mol. The molecule has 1 amide bonds. The predicted molar refractivity (Wildman–Crippen MR) is 151 cm³/mol.